The van der Waals surface area contributed by atoms with Gasteiger partial charge in [-0.25, -0.2) is 9.36 Å². The van der Waals surface area contributed by atoms with E-state index in [1.165, 1.54) is 129 Å². The summed E-state index contributed by atoms with van der Waals surface area (Å²) < 4.78 is 61.6. The molecule has 0 spiro atoms. The third kappa shape index (κ3) is 40.5. The summed E-state index contributed by atoms with van der Waals surface area (Å²) in [5.41, 5.74) is 0. The standard InChI is InChI=1S/C69H129N2O17P/c1-6-10-14-18-22-26-28-29-33-36-40-44-49-82-57(47-43-39-35-31-25-21-17-13-9-4)48-51-84-66-62(70-55-72)69(87-59(53-81-5)64(66)88-89(78,79)80)85-54-58-63(75)65(83-50-45-41-37-32-27-23-19-15-11-7-2)61(67(86-58)68(76)77)71-60(74)52-56(73)46-42-38-34-30-24-20-16-12-8-3/h26,28,55,57-59,61-67,69,75H,6-25,27,29-54H2,1-5H3,(H,70,72)(H,71,74)(H,76,77)(H2,78,79,80)/b28-26-/t57-,58-,59-,61-,62-,63-,64-,65-,66-,67+,69-/m1/s1. The summed E-state index contributed by atoms with van der Waals surface area (Å²) >= 11 is 0. The lowest BCUT2D eigenvalue weighted by Crippen LogP contribution is -2.68. The minimum atomic E-state index is -5.22. The van der Waals surface area contributed by atoms with Crippen molar-refractivity contribution in [2.45, 2.75) is 365 Å². The Kier molecular flexibility index (Phi) is 51.1. The van der Waals surface area contributed by atoms with E-state index in [1.54, 1.807) is 0 Å². The molecule has 0 radical (unpaired) electrons. The Bertz CT molecular complexity index is 1810. The Morgan fingerprint density at radius 3 is 1.54 bits per heavy atom. The number of carbonyl (C=O) groups excluding carboxylic acids is 3. The molecule has 0 unspecified atom stereocenters. The van der Waals surface area contributed by atoms with Crippen molar-refractivity contribution in [2.75, 3.05) is 40.1 Å². The van der Waals surface area contributed by atoms with Crippen molar-refractivity contribution in [2.24, 2.45) is 0 Å². The van der Waals surface area contributed by atoms with Gasteiger partial charge in [0.15, 0.2) is 12.4 Å². The van der Waals surface area contributed by atoms with E-state index in [2.05, 4.69) is 50.5 Å². The molecule has 2 fully saturated rings. The lowest BCUT2D eigenvalue weighted by molar-refractivity contribution is -0.289. The van der Waals surface area contributed by atoms with Gasteiger partial charge in [-0.1, -0.05) is 239 Å². The Balaban J connectivity index is 2.30. The van der Waals surface area contributed by atoms with Crippen LogP contribution in [-0.4, -0.2) is 151 Å². The number of unbranched alkanes of at least 4 members (excludes halogenated alkanes) is 33. The van der Waals surface area contributed by atoms with Crippen LogP contribution in [0.25, 0.3) is 0 Å². The lowest BCUT2D eigenvalue weighted by atomic mass is 9.92. The molecule has 2 aliphatic heterocycles. The first-order valence-electron chi connectivity index (χ1n) is 35.8. The number of rotatable bonds is 62. The summed E-state index contributed by atoms with van der Waals surface area (Å²) in [5, 5.41) is 28.1. The highest BCUT2D eigenvalue weighted by Crippen LogP contribution is 2.42. The molecule has 0 bridgehead atoms. The normalized spacial score (nSPS) is 22.6. The van der Waals surface area contributed by atoms with Crippen LogP contribution in [0.5, 0.6) is 0 Å². The highest BCUT2D eigenvalue weighted by Gasteiger charge is 2.53. The largest absolute Gasteiger partial charge is 0.479 e. The van der Waals surface area contributed by atoms with Crippen LogP contribution >= 0.6 is 7.82 Å². The number of carboxylic acid groups (broad SMARTS) is 1. The molecule has 0 saturated carbocycles. The van der Waals surface area contributed by atoms with Crippen molar-refractivity contribution >= 4 is 31.9 Å². The first-order chi connectivity index (χ1) is 43.2. The second kappa shape index (κ2) is 54.9. The van der Waals surface area contributed by atoms with Crippen molar-refractivity contribution in [1.82, 2.24) is 10.6 Å². The quantitative estimate of drug-likeness (QED) is 0.0109. The maximum absolute atomic E-state index is 13.6. The van der Waals surface area contributed by atoms with Gasteiger partial charge < -0.3 is 63.8 Å². The maximum Gasteiger partial charge on any atom is 0.470 e. The van der Waals surface area contributed by atoms with Gasteiger partial charge in [0.25, 0.3) is 0 Å². The number of phosphoric ester groups is 1. The predicted octanol–water partition coefficient (Wildman–Crippen LogP) is 14.4. The molecule has 11 atom stereocenters. The number of aliphatic carboxylic acids is 1. The molecule has 0 aromatic carbocycles. The number of aliphatic hydroxyl groups is 1. The number of allylic oxidation sites excluding steroid dienone is 2. The number of nitrogens with one attached hydrogen (secondary N) is 2. The number of amides is 2. The van der Waals surface area contributed by atoms with Crippen molar-refractivity contribution in [3.63, 3.8) is 0 Å². The molecular weight excluding hydrogens is 1160 g/mol. The molecule has 89 heavy (non-hydrogen) atoms. The fraction of sp³-hybridized carbons (Fsp3) is 0.913. The summed E-state index contributed by atoms with van der Waals surface area (Å²) in [4.78, 5) is 72.7. The molecule has 522 valence electrons. The molecule has 0 aromatic heterocycles. The van der Waals surface area contributed by atoms with E-state index in [1.807, 2.05) is 0 Å². The topological polar surface area (TPSA) is 264 Å². The van der Waals surface area contributed by atoms with Gasteiger partial charge in [0, 0.05) is 33.4 Å². The molecular formula is C69H129N2O17P. The number of carbonyl (C=O) groups is 4. The zero-order valence-corrected chi connectivity index (χ0v) is 57.3. The molecule has 2 rings (SSSR count). The SMILES string of the molecule is CCCCCC/C=C\CCCCCCO[C@H](CCCCCCCCCCC)CCO[C@@H]1[C@@H](NC=O)[C@H](OC[C@H]2O[C@H](C(=O)O)[C@H](NC(=O)CC(=O)CCCCCCCCCCC)[C@@H](OCCCCCCCCCCCC)[C@@H]2O)O[C@H](COC)[C@H]1OP(=O)(O)O. The third-order valence-corrected chi connectivity index (χ3v) is 17.8. The molecule has 2 heterocycles. The van der Waals surface area contributed by atoms with E-state index in [9.17, 15) is 43.7 Å². The number of aliphatic hydroxyl groups excluding tert-OH is 1. The minimum Gasteiger partial charge on any atom is -0.479 e. The Labute approximate surface area is 538 Å². The average molecular weight is 1290 g/mol. The van der Waals surface area contributed by atoms with Gasteiger partial charge in [0.05, 0.1) is 31.8 Å². The van der Waals surface area contributed by atoms with E-state index in [-0.39, 0.29) is 38.1 Å². The van der Waals surface area contributed by atoms with Crippen LogP contribution in [-0.2, 0) is 61.4 Å². The average Bonchev–Trinajstić information content (AvgIpc) is 0.977. The van der Waals surface area contributed by atoms with Gasteiger partial charge in [0.1, 0.15) is 48.4 Å². The maximum atomic E-state index is 13.6. The number of hydrogen-bond donors (Lipinski definition) is 6. The first-order valence-corrected chi connectivity index (χ1v) is 37.3. The summed E-state index contributed by atoms with van der Waals surface area (Å²) in [7, 11) is -3.85. The number of ether oxygens (including phenoxy) is 7. The zero-order chi connectivity index (χ0) is 65.0. The Morgan fingerprint density at radius 1 is 0.539 bits per heavy atom. The first kappa shape index (κ1) is 82.7. The van der Waals surface area contributed by atoms with Crippen LogP contribution in [0.3, 0.4) is 0 Å². The Hall–Kier alpha value is -2.39. The summed E-state index contributed by atoms with van der Waals surface area (Å²) in [6, 6.07) is -2.67. The van der Waals surface area contributed by atoms with Crippen LogP contribution in [0.1, 0.15) is 297 Å². The van der Waals surface area contributed by atoms with Crippen molar-refractivity contribution in [3.05, 3.63) is 12.2 Å². The van der Waals surface area contributed by atoms with Gasteiger partial charge in [-0.3, -0.25) is 18.9 Å². The van der Waals surface area contributed by atoms with Gasteiger partial charge in [-0.2, -0.15) is 0 Å². The second-order valence-corrected chi connectivity index (χ2v) is 26.5. The number of Topliss-reactive ketones (excluding diaryl/α,β-unsaturated/α-hetero) is 1. The number of methoxy groups -OCH3 is 1. The van der Waals surface area contributed by atoms with Gasteiger partial charge in [-0.05, 0) is 57.8 Å². The molecule has 20 heteroatoms. The molecule has 0 aromatic rings. The van der Waals surface area contributed by atoms with E-state index < -0.39 is 93.8 Å². The van der Waals surface area contributed by atoms with E-state index in [0.29, 0.717) is 32.3 Å². The molecule has 2 saturated heterocycles. The monoisotopic (exact) mass is 1290 g/mol. The van der Waals surface area contributed by atoms with Crippen molar-refractivity contribution < 1.29 is 81.4 Å². The fourth-order valence-corrected chi connectivity index (χ4v) is 12.7. The molecule has 0 aliphatic carbocycles. The summed E-state index contributed by atoms with van der Waals surface area (Å²) in [6.45, 7) is 8.81. The lowest BCUT2D eigenvalue weighted by Gasteiger charge is -2.47. The third-order valence-electron chi connectivity index (χ3n) is 17.3. The Morgan fingerprint density at radius 2 is 1.02 bits per heavy atom. The predicted molar refractivity (Wildman–Crippen MR) is 351 cm³/mol. The highest BCUT2D eigenvalue weighted by atomic mass is 31.2. The van der Waals surface area contributed by atoms with Crippen LogP contribution in [0, 0.1) is 0 Å². The van der Waals surface area contributed by atoms with Gasteiger partial charge in [-0.15, -0.1) is 0 Å². The fourth-order valence-electron chi connectivity index (χ4n) is 12.1. The van der Waals surface area contributed by atoms with Crippen LogP contribution < -0.4 is 10.6 Å². The van der Waals surface area contributed by atoms with Gasteiger partial charge in [0.2, 0.25) is 12.3 Å². The summed E-state index contributed by atoms with van der Waals surface area (Å²) in [5.74, 6) is -2.43. The van der Waals surface area contributed by atoms with Crippen molar-refractivity contribution in [1.29, 1.82) is 0 Å². The molecule has 2 aliphatic rings. The van der Waals surface area contributed by atoms with Crippen LogP contribution in [0.4, 0.5) is 0 Å². The van der Waals surface area contributed by atoms with Crippen LogP contribution in [0.2, 0.25) is 0 Å². The number of phosphoric acid groups is 1. The minimum absolute atomic E-state index is 0.0444. The van der Waals surface area contributed by atoms with E-state index in [0.717, 1.165) is 116 Å². The van der Waals surface area contributed by atoms with E-state index in [4.69, 9.17) is 37.7 Å². The second-order valence-electron chi connectivity index (χ2n) is 25.3. The highest BCUT2D eigenvalue weighted by molar-refractivity contribution is 7.46. The summed E-state index contributed by atoms with van der Waals surface area (Å²) in [6.07, 6.45) is 36.7. The number of hydrogen-bond acceptors (Lipinski definition) is 14. The molecule has 19 nitrogen and oxygen atoms in total. The number of ketones is 1. The van der Waals surface area contributed by atoms with E-state index >= 15 is 0 Å². The zero-order valence-electron chi connectivity index (χ0n) is 56.4. The molecule has 6 N–H and O–H groups in total. The van der Waals surface area contributed by atoms with Crippen LogP contribution in [0.15, 0.2) is 12.2 Å². The van der Waals surface area contributed by atoms with Crippen molar-refractivity contribution in [3.8, 4) is 0 Å². The number of carboxylic acids is 1. The molecule has 2 amide bonds. The van der Waals surface area contributed by atoms with Gasteiger partial charge >= 0.3 is 13.8 Å². The smallest absolute Gasteiger partial charge is 0.470 e.